The van der Waals surface area contributed by atoms with Crippen molar-refractivity contribution in [2.24, 2.45) is 11.8 Å². The molecule has 0 unspecified atom stereocenters. The number of benzene rings is 1. The lowest BCUT2D eigenvalue weighted by Gasteiger charge is -2.35. The van der Waals surface area contributed by atoms with E-state index in [0.29, 0.717) is 19.6 Å². The summed E-state index contributed by atoms with van der Waals surface area (Å²) in [6.07, 6.45) is 3.56. The highest BCUT2D eigenvalue weighted by molar-refractivity contribution is 7.89. The van der Waals surface area contributed by atoms with Gasteiger partial charge in [0.15, 0.2) is 0 Å². The zero-order valence-electron chi connectivity index (χ0n) is 13.4. The number of rotatable bonds is 3. The Labute approximate surface area is 141 Å². The third kappa shape index (κ3) is 2.63. The van der Waals surface area contributed by atoms with E-state index in [2.05, 4.69) is 0 Å². The van der Waals surface area contributed by atoms with E-state index in [-0.39, 0.29) is 28.7 Å². The van der Waals surface area contributed by atoms with Gasteiger partial charge in [0.1, 0.15) is 10.7 Å². The van der Waals surface area contributed by atoms with Crippen molar-refractivity contribution in [2.75, 3.05) is 19.6 Å². The number of carbonyl (C=O) groups excluding carboxylic acids is 1. The van der Waals surface area contributed by atoms with E-state index in [1.54, 1.807) is 0 Å². The number of amides is 1. The van der Waals surface area contributed by atoms with Crippen LogP contribution in [0.3, 0.4) is 0 Å². The van der Waals surface area contributed by atoms with Gasteiger partial charge in [-0.2, -0.15) is 4.31 Å². The molecule has 0 N–H and O–H groups in total. The average molecular weight is 352 g/mol. The van der Waals surface area contributed by atoms with Crippen molar-refractivity contribution in [2.45, 2.75) is 36.6 Å². The van der Waals surface area contributed by atoms with Gasteiger partial charge in [-0.05, 0) is 43.7 Å². The van der Waals surface area contributed by atoms with Gasteiger partial charge in [-0.1, -0.05) is 12.1 Å². The largest absolute Gasteiger partial charge is 0.340 e. The van der Waals surface area contributed by atoms with E-state index in [1.165, 1.54) is 28.6 Å². The lowest BCUT2D eigenvalue weighted by molar-refractivity contribution is -0.131. The van der Waals surface area contributed by atoms with Crippen molar-refractivity contribution in [1.82, 2.24) is 9.21 Å². The van der Waals surface area contributed by atoms with Gasteiger partial charge in [-0.15, -0.1) is 0 Å². The maximum atomic E-state index is 14.0. The van der Waals surface area contributed by atoms with Crippen LogP contribution in [0.4, 0.5) is 4.39 Å². The molecule has 0 spiro atoms. The molecule has 1 aromatic rings. The molecule has 1 saturated carbocycles. The van der Waals surface area contributed by atoms with Gasteiger partial charge in [0.25, 0.3) is 0 Å². The van der Waals surface area contributed by atoms with Crippen LogP contribution in [0.1, 0.15) is 25.7 Å². The number of nitrogens with zero attached hydrogens (tertiary/aromatic N) is 2. The number of likely N-dealkylation sites (tertiary alicyclic amines) is 1. The zero-order chi connectivity index (χ0) is 16.9. The number of hydrogen-bond acceptors (Lipinski definition) is 3. The van der Waals surface area contributed by atoms with Gasteiger partial charge in [0.2, 0.25) is 15.9 Å². The quantitative estimate of drug-likeness (QED) is 0.834. The summed E-state index contributed by atoms with van der Waals surface area (Å²) in [4.78, 5) is 13.9. The fraction of sp³-hybridized carbons (Fsp3) is 0.588. The molecular weight excluding hydrogens is 331 g/mol. The number of fused-ring (bicyclic) bond motifs is 1. The molecule has 3 fully saturated rings. The Morgan fingerprint density at radius 1 is 1.12 bits per heavy atom. The van der Waals surface area contributed by atoms with Crippen molar-refractivity contribution in [3.63, 3.8) is 0 Å². The van der Waals surface area contributed by atoms with Crippen LogP contribution in [0.15, 0.2) is 29.2 Å². The Bertz CT molecular complexity index is 763. The van der Waals surface area contributed by atoms with Crippen LogP contribution < -0.4 is 0 Å². The SMILES string of the molecule is O=C(C1CC1)N1C[C@H]2CCCN(S(=O)(=O)c3ccccc3F)[C@H]2C1. The minimum Gasteiger partial charge on any atom is -0.340 e. The van der Waals surface area contributed by atoms with Gasteiger partial charge >= 0.3 is 0 Å². The van der Waals surface area contributed by atoms with Crippen molar-refractivity contribution >= 4 is 15.9 Å². The monoisotopic (exact) mass is 352 g/mol. The molecule has 0 aromatic heterocycles. The molecule has 2 atom stereocenters. The maximum Gasteiger partial charge on any atom is 0.246 e. The Morgan fingerprint density at radius 2 is 1.88 bits per heavy atom. The summed E-state index contributed by atoms with van der Waals surface area (Å²) in [6, 6.07) is 5.28. The van der Waals surface area contributed by atoms with Crippen LogP contribution in [0.5, 0.6) is 0 Å². The highest BCUT2D eigenvalue weighted by atomic mass is 32.2. The third-order valence-corrected chi connectivity index (χ3v) is 7.35. The van der Waals surface area contributed by atoms with Gasteiger partial charge in [0.05, 0.1) is 0 Å². The summed E-state index contributed by atoms with van der Waals surface area (Å²) < 4.78 is 41.4. The summed E-state index contributed by atoms with van der Waals surface area (Å²) in [6.45, 7) is 1.46. The summed E-state index contributed by atoms with van der Waals surface area (Å²) in [7, 11) is -3.88. The smallest absolute Gasteiger partial charge is 0.246 e. The predicted octanol–water partition coefficient (Wildman–Crippen LogP) is 1.85. The number of piperidine rings is 1. The molecule has 0 radical (unpaired) electrons. The summed E-state index contributed by atoms with van der Waals surface area (Å²) in [5.41, 5.74) is 0. The van der Waals surface area contributed by atoms with Crippen molar-refractivity contribution in [3.05, 3.63) is 30.1 Å². The number of sulfonamides is 1. The van der Waals surface area contributed by atoms with Crippen molar-refractivity contribution in [1.29, 1.82) is 0 Å². The molecule has 1 amide bonds. The second-order valence-corrected chi connectivity index (χ2v) is 8.89. The zero-order valence-corrected chi connectivity index (χ0v) is 14.2. The molecule has 3 aliphatic rings. The van der Waals surface area contributed by atoms with E-state index in [1.807, 2.05) is 4.90 Å². The van der Waals surface area contributed by atoms with Gasteiger partial charge < -0.3 is 4.90 Å². The first kappa shape index (κ1) is 16.0. The molecule has 2 aliphatic heterocycles. The number of halogens is 1. The molecule has 2 saturated heterocycles. The van der Waals surface area contributed by atoms with Crippen LogP contribution >= 0.6 is 0 Å². The Morgan fingerprint density at radius 3 is 2.58 bits per heavy atom. The van der Waals surface area contributed by atoms with Crippen LogP contribution in [0, 0.1) is 17.7 Å². The van der Waals surface area contributed by atoms with E-state index < -0.39 is 15.8 Å². The van der Waals surface area contributed by atoms with E-state index in [4.69, 9.17) is 0 Å². The minimum absolute atomic E-state index is 0.141. The Kier molecular flexibility index (Phi) is 3.88. The molecule has 2 heterocycles. The highest BCUT2D eigenvalue weighted by Gasteiger charge is 2.47. The average Bonchev–Trinajstić information content (AvgIpc) is 3.32. The topological polar surface area (TPSA) is 57.7 Å². The molecule has 4 rings (SSSR count). The molecule has 5 nitrogen and oxygen atoms in total. The first-order chi connectivity index (χ1) is 11.5. The molecule has 1 aliphatic carbocycles. The number of carbonyl (C=O) groups is 1. The van der Waals surface area contributed by atoms with E-state index in [0.717, 1.165) is 25.7 Å². The van der Waals surface area contributed by atoms with Crippen LogP contribution in [0.2, 0.25) is 0 Å². The highest BCUT2D eigenvalue weighted by Crippen LogP contribution is 2.38. The van der Waals surface area contributed by atoms with Crippen molar-refractivity contribution < 1.29 is 17.6 Å². The summed E-state index contributed by atoms with van der Waals surface area (Å²) in [5, 5.41) is 0. The third-order valence-electron chi connectivity index (χ3n) is 5.39. The Balaban J connectivity index is 1.61. The van der Waals surface area contributed by atoms with Crippen LogP contribution in [0.25, 0.3) is 0 Å². The predicted molar refractivity (Wildman–Crippen MR) is 86.1 cm³/mol. The van der Waals surface area contributed by atoms with Gasteiger partial charge in [-0.25, -0.2) is 12.8 Å². The van der Waals surface area contributed by atoms with Gasteiger partial charge in [0, 0.05) is 31.6 Å². The molecule has 7 heteroatoms. The lowest BCUT2D eigenvalue weighted by Crippen LogP contribution is -2.48. The second-order valence-electron chi connectivity index (χ2n) is 7.03. The fourth-order valence-electron chi connectivity index (χ4n) is 3.99. The molecule has 1 aromatic carbocycles. The molecule has 130 valence electrons. The second kappa shape index (κ2) is 5.81. The van der Waals surface area contributed by atoms with Gasteiger partial charge in [-0.3, -0.25) is 4.79 Å². The first-order valence-corrected chi connectivity index (χ1v) is 9.97. The van der Waals surface area contributed by atoms with E-state index >= 15 is 0 Å². The van der Waals surface area contributed by atoms with E-state index in [9.17, 15) is 17.6 Å². The normalized spacial score (nSPS) is 28.0. The van der Waals surface area contributed by atoms with Crippen LogP contribution in [-0.2, 0) is 14.8 Å². The maximum absolute atomic E-state index is 14.0. The summed E-state index contributed by atoms with van der Waals surface area (Å²) in [5.74, 6) is -0.263. The fourth-order valence-corrected chi connectivity index (χ4v) is 5.77. The molecule has 0 bridgehead atoms. The first-order valence-electron chi connectivity index (χ1n) is 8.53. The lowest BCUT2D eigenvalue weighted by atomic mass is 9.94. The standard InChI is InChI=1S/C17H21FN2O3S/c18-14-5-1-2-6-16(14)24(22,23)20-9-3-4-13-10-19(11-15(13)20)17(21)12-7-8-12/h1-2,5-6,12-13,15H,3-4,7-11H2/t13-,15+/m1/s1. The minimum atomic E-state index is -3.88. The molecule has 24 heavy (non-hydrogen) atoms. The van der Waals surface area contributed by atoms with Crippen molar-refractivity contribution in [3.8, 4) is 0 Å². The Hall–Kier alpha value is -1.47. The molecular formula is C17H21FN2O3S. The number of hydrogen-bond donors (Lipinski definition) is 0. The summed E-state index contributed by atoms with van der Waals surface area (Å²) >= 11 is 0. The van der Waals surface area contributed by atoms with Crippen LogP contribution in [-0.4, -0.2) is 49.2 Å².